The lowest BCUT2D eigenvalue weighted by Crippen LogP contribution is -2.36. The number of anilines is 1. The molecule has 0 saturated carbocycles. The van der Waals surface area contributed by atoms with Crippen LogP contribution in [0.3, 0.4) is 0 Å². The first-order valence-electron chi connectivity index (χ1n) is 13.6. The molecule has 1 aliphatic rings. The minimum Gasteiger partial charge on any atom is -0.351 e. The Labute approximate surface area is 238 Å². The highest BCUT2D eigenvalue weighted by molar-refractivity contribution is 7.85. The number of nitrogens with one attached hydrogen (secondary N) is 1. The fourth-order valence-corrected chi connectivity index (χ4v) is 6.27. The summed E-state index contributed by atoms with van der Waals surface area (Å²) < 4.78 is 13.6. The van der Waals surface area contributed by atoms with Crippen molar-refractivity contribution in [3.05, 3.63) is 88.4 Å². The number of carbonyl (C=O) groups excluding carboxylic acids is 2. The summed E-state index contributed by atoms with van der Waals surface area (Å²) in [4.78, 5) is 31.9. The predicted octanol–water partition coefficient (Wildman–Crippen LogP) is 6.30. The Bertz CT molecular complexity index is 1340. The average molecular weight is 566 g/mol. The first-order valence-corrected chi connectivity index (χ1v) is 15.2. The summed E-state index contributed by atoms with van der Waals surface area (Å²) in [7, 11) is -1.58. The highest BCUT2D eigenvalue weighted by Gasteiger charge is 2.31. The van der Waals surface area contributed by atoms with Crippen LogP contribution in [0.25, 0.3) is 0 Å². The van der Waals surface area contributed by atoms with Crippen LogP contribution in [-0.2, 0) is 17.3 Å². The number of hydrogen-bond acceptors (Lipinski definition) is 4. The maximum atomic E-state index is 13.8. The molecule has 39 heavy (non-hydrogen) atoms. The van der Waals surface area contributed by atoms with E-state index in [-0.39, 0.29) is 18.4 Å². The Kier molecular flexibility index (Phi) is 10.3. The lowest BCUT2D eigenvalue weighted by molar-refractivity contribution is 0.0944. The van der Waals surface area contributed by atoms with Crippen LogP contribution < -0.4 is 10.2 Å². The molecule has 0 bridgehead atoms. The van der Waals surface area contributed by atoms with E-state index in [0.717, 1.165) is 50.9 Å². The van der Waals surface area contributed by atoms with Crippen LogP contribution in [0.4, 0.5) is 5.69 Å². The van der Waals surface area contributed by atoms with Gasteiger partial charge in [-0.3, -0.25) is 9.59 Å². The summed E-state index contributed by atoms with van der Waals surface area (Å²) in [6.45, 7) is 7.97. The van der Waals surface area contributed by atoms with Gasteiger partial charge in [-0.05, 0) is 74.0 Å². The van der Waals surface area contributed by atoms with Crippen LogP contribution in [0.5, 0.6) is 0 Å². The zero-order valence-electron chi connectivity index (χ0n) is 22.6. The normalized spacial score (nSPS) is 14.6. The van der Waals surface area contributed by atoms with Crippen molar-refractivity contribution in [3.8, 4) is 0 Å². The molecule has 2 amide bonds. The average Bonchev–Trinajstić information content (AvgIpc) is 3.03. The molecule has 0 aliphatic carbocycles. The van der Waals surface area contributed by atoms with Crippen LogP contribution in [0.1, 0.15) is 65.8 Å². The van der Waals surface area contributed by atoms with Gasteiger partial charge in [-0.15, -0.1) is 0 Å². The molecule has 8 heteroatoms. The molecule has 0 saturated heterocycles. The Morgan fingerprint density at radius 1 is 0.923 bits per heavy atom. The van der Waals surface area contributed by atoms with Gasteiger partial charge in [0.05, 0.1) is 38.4 Å². The van der Waals surface area contributed by atoms with E-state index in [0.29, 0.717) is 38.2 Å². The maximum Gasteiger partial charge on any atom is 0.259 e. The molecule has 1 aliphatic heterocycles. The zero-order valence-corrected chi connectivity index (χ0v) is 24.2. The van der Waals surface area contributed by atoms with E-state index in [4.69, 9.17) is 11.6 Å². The Balaban J connectivity index is 1.60. The van der Waals surface area contributed by atoms with Crippen molar-refractivity contribution in [2.75, 3.05) is 31.1 Å². The molecule has 0 unspecified atom stereocenters. The molecule has 6 nitrogen and oxygen atoms in total. The van der Waals surface area contributed by atoms with Crippen LogP contribution in [0, 0.1) is 0 Å². The van der Waals surface area contributed by atoms with E-state index < -0.39 is 10.8 Å². The number of amides is 2. The van der Waals surface area contributed by atoms with Gasteiger partial charge in [-0.1, -0.05) is 62.6 Å². The van der Waals surface area contributed by atoms with E-state index >= 15 is 0 Å². The number of halogens is 1. The molecule has 0 radical (unpaired) electrons. The molecule has 0 aromatic heterocycles. The number of nitrogens with zero attached hydrogens (tertiary/aromatic N) is 2. The molecule has 1 N–H and O–H groups in total. The molecule has 0 spiro atoms. The van der Waals surface area contributed by atoms with E-state index in [9.17, 15) is 13.8 Å². The SMILES string of the molecule is CCCCN(CCCC)CCNC(=O)c1ccc2c(c1)N(Cc1cccc(Cl)c1)C(=O)c1ccccc1[S@]2=O. The minimum absolute atomic E-state index is 0.216. The number of fused-ring (bicyclic) bond motifs is 2. The fourth-order valence-electron chi connectivity index (χ4n) is 4.71. The first-order chi connectivity index (χ1) is 18.9. The summed E-state index contributed by atoms with van der Waals surface area (Å²) in [5.41, 5.74) is 2.12. The molecule has 3 aromatic rings. The second-order valence-electron chi connectivity index (χ2n) is 9.77. The summed E-state index contributed by atoms with van der Waals surface area (Å²) >= 11 is 6.22. The van der Waals surface area contributed by atoms with Gasteiger partial charge in [0.1, 0.15) is 0 Å². The number of carbonyl (C=O) groups is 2. The maximum absolute atomic E-state index is 13.8. The van der Waals surface area contributed by atoms with Crippen molar-refractivity contribution in [1.29, 1.82) is 0 Å². The quantitative estimate of drug-likeness (QED) is 0.280. The number of benzene rings is 3. The third-order valence-corrected chi connectivity index (χ3v) is 8.61. The third kappa shape index (κ3) is 7.15. The third-order valence-electron chi connectivity index (χ3n) is 6.87. The first kappa shape index (κ1) is 29.0. The van der Waals surface area contributed by atoms with E-state index in [2.05, 4.69) is 24.1 Å². The smallest absolute Gasteiger partial charge is 0.259 e. The van der Waals surface area contributed by atoms with Gasteiger partial charge in [-0.2, -0.15) is 0 Å². The number of hydrogen-bond donors (Lipinski definition) is 1. The van der Waals surface area contributed by atoms with Gasteiger partial charge < -0.3 is 15.1 Å². The standard InChI is InChI=1S/C31H36ClN3O3S/c1-3-5-17-34(18-6-4-2)19-16-33-30(36)24-14-15-29-27(21-24)35(22-23-10-9-11-25(32)20-23)31(37)26-12-7-8-13-28(26)39(29)38/h7-15,20-21H,3-6,16-19,22H2,1-2H3,(H,33,36)/t39-/m1/s1. The van der Waals surface area contributed by atoms with Gasteiger partial charge in [0, 0.05) is 23.7 Å². The molecule has 3 aromatic carbocycles. The van der Waals surface area contributed by atoms with Crippen molar-refractivity contribution in [1.82, 2.24) is 10.2 Å². The number of rotatable bonds is 12. The summed E-state index contributed by atoms with van der Waals surface area (Å²) in [6.07, 6.45) is 4.55. The minimum atomic E-state index is -1.58. The number of unbranched alkanes of at least 4 members (excludes halogenated alkanes) is 2. The lowest BCUT2D eigenvalue weighted by Gasteiger charge is -2.24. The molecule has 206 valence electrons. The zero-order chi connectivity index (χ0) is 27.8. The van der Waals surface area contributed by atoms with Crippen molar-refractivity contribution in [2.24, 2.45) is 0 Å². The monoisotopic (exact) mass is 565 g/mol. The van der Waals surface area contributed by atoms with Crippen molar-refractivity contribution in [2.45, 2.75) is 55.9 Å². The molecule has 1 heterocycles. The predicted molar refractivity (Wildman–Crippen MR) is 158 cm³/mol. The van der Waals surface area contributed by atoms with Crippen molar-refractivity contribution < 1.29 is 13.8 Å². The van der Waals surface area contributed by atoms with Crippen molar-refractivity contribution >= 4 is 39.9 Å². The highest BCUT2D eigenvalue weighted by Crippen LogP contribution is 2.36. The second kappa shape index (κ2) is 13.9. The molecule has 4 rings (SSSR count). The van der Waals surface area contributed by atoms with E-state index in [1.807, 2.05) is 18.2 Å². The lowest BCUT2D eigenvalue weighted by atomic mass is 10.1. The summed E-state index contributed by atoms with van der Waals surface area (Å²) in [5.74, 6) is -0.482. The van der Waals surface area contributed by atoms with Crippen LogP contribution in [-0.4, -0.2) is 47.1 Å². The molecular weight excluding hydrogens is 530 g/mol. The van der Waals surface area contributed by atoms with Gasteiger partial charge in [-0.25, -0.2) is 4.21 Å². The van der Waals surface area contributed by atoms with Crippen molar-refractivity contribution in [3.63, 3.8) is 0 Å². The topological polar surface area (TPSA) is 69.7 Å². The second-order valence-corrected chi connectivity index (χ2v) is 11.6. The van der Waals surface area contributed by atoms with Crippen LogP contribution in [0.2, 0.25) is 5.02 Å². The highest BCUT2D eigenvalue weighted by atomic mass is 35.5. The van der Waals surface area contributed by atoms with E-state index in [1.54, 1.807) is 53.4 Å². The van der Waals surface area contributed by atoms with Gasteiger partial charge >= 0.3 is 0 Å². The Morgan fingerprint density at radius 3 is 2.38 bits per heavy atom. The van der Waals surface area contributed by atoms with Gasteiger partial charge in [0.2, 0.25) is 0 Å². The van der Waals surface area contributed by atoms with Gasteiger partial charge in [0.25, 0.3) is 11.8 Å². The Morgan fingerprint density at radius 2 is 1.67 bits per heavy atom. The molecular formula is C31H36ClN3O3S. The summed E-state index contributed by atoms with van der Waals surface area (Å²) in [6, 6.07) is 19.4. The largest absolute Gasteiger partial charge is 0.351 e. The van der Waals surface area contributed by atoms with E-state index in [1.165, 1.54) is 0 Å². The van der Waals surface area contributed by atoms with Crippen LogP contribution in [0.15, 0.2) is 76.5 Å². The Hall–Kier alpha value is -3.00. The summed E-state index contributed by atoms with van der Waals surface area (Å²) in [5, 5.41) is 3.61. The molecule has 1 atom stereocenters. The molecule has 0 fully saturated rings. The fraction of sp³-hybridized carbons (Fsp3) is 0.355. The van der Waals surface area contributed by atoms with Crippen LogP contribution >= 0.6 is 11.6 Å². The van der Waals surface area contributed by atoms with Gasteiger partial charge in [0.15, 0.2) is 0 Å².